The predicted molar refractivity (Wildman–Crippen MR) is 159 cm³/mol. The summed E-state index contributed by atoms with van der Waals surface area (Å²) >= 11 is 0. The fraction of sp³-hybridized carbons (Fsp3) is 0.452. The van der Waals surface area contributed by atoms with Crippen molar-refractivity contribution >= 4 is 24.9 Å². The quantitative estimate of drug-likeness (QED) is 0.0841. The summed E-state index contributed by atoms with van der Waals surface area (Å²) < 4.78 is 10.4. The molecule has 0 amide bonds. The van der Waals surface area contributed by atoms with E-state index >= 15 is 0 Å². The van der Waals surface area contributed by atoms with Crippen LogP contribution in [-0.4, -0.2) is 54.9 Å². The zero-order valence-electron chi connectivity index (χ0n) is 24.3. The van der Waals surface area contributed by atoms with Crippen molar-refractivity contribution in [1.29, 1.82) is 0 Å². The number of methoxy groups -OCH3 is 1. The van der Waals surface area contributed by atoms with Crippen LogP contribution in [0.3, 0.4) is 0 Å². The Morgan fingerprint density at radius 3 is 2.54 bits per heavy atom. The van der Waals surface area contributed by atoms with Gasteiger partial charge in [0.05, 0.1) is 7.11 Å². The third-order valence-electron chi connectivity index (χ3n) is 6.37. The predicted octanol–water partition coefficient (Wildman–Crippen LogP) is 4.95. The smallest absolute Gasteiger partial charge is 0.0914 e. The van der Waals surface area contributed by atoms with Crippen LogP contribution in [0.4, 0.5) is 0 Å². The van der Waals surface area contributed by atoms with Gasteiger partial charge in [-0.1, -0.05) is 12.2 Å². The maximum atomic E-state index is 13.0. The first-order valence-corrected chi connectivity index (χ1v) is 13.3. The number of Topliss-reactive ketones (excluding diaryl/α,β-unsaturated/α-hetero) is 1. The van der Waals surface area contributed by atoms with Crippen molar-refractivity contribution < 1.29 is 29.3 Å². The van der Waals surface area contributed by atoms with Gasteiger partial charge in [0.2, 0.25) is 0 Å². The van der Waals surface area contributed by atoms with Gasteiger partial charge in [-0.05, 0) is 13.3 Å². The summed E-state index contributed by atoms with van der Waals surface area (Å²) in [4.78, 5) is 24.1. The SMILES string of the molecule is B=C1OC([C@H](C)CC/C=C/NCC(=O)OC)=CC(O)=C1C(=O)/C(C)=C/C=C(\C)CC[C@@H](O)/C(C)=C/C/C=C/C. The number of aliphatic hydroxyl groups excluding tert-OH is 2. The topological polar surface area (TPSA) is 105 Å². The average Bonchev–Trinajstić information content (AvgIpc) is 2.91. The number of hydrogen-bond acceptors (Lipinski definition) is 7. The number of aliphatic hydroxyl groups is 2. The number of hydrogen-bond donors (Lipinski definition) is 3. The van der Waals surface area contributed by atoms with E-state index in [-0.39, 0.29) is 41.2 Å². The van der Waals surface area contributed by atoms with Crippen LogP contribution in [0.5, 0.6) is 0 Å². The molecule has 212 valence electrons. The number of ether oxygens (including phenoxy) is 2. The molecule has 2 atom stereocenters. The molecule has 0 fully saturated rings. The Morgan fingerprint density at radius 1 is 1.18 bits per heavy atom. The van der Waals surface area contributed by atoms with Crippen LogP contribution in [0, 0.1) is 5.92 Å². The van der Waals surface area contributed by atoms with Gasteiger partial charge in [-0.2, -0.15) is 0 Å². The Hall–Kier alpha value is -3.39. The zero-order valence-corrected chi connectivity index (χ0v) is 24.3. The Bertz CT molecular complexity index is 1090. The van der Waals surface area contributed by atoms with Gasteiger partial charge in [0, 0.05) is 0 Å². The van der Waals surface area contributed by atoms with Crippen molar-refractivity contribution in [1.82, 2.24) is 5.32 Å². The van der Waals surface area contributed by atoms with E-state index in [4.69, 9.17) is 4.74 Å². The average molecular weight is 538 g/mol. The number of nitrogens with one attached hydrogen (secondary N) is 1. The molecule has 0 bridgehead atoms. The first-order chi connectivity index (χ1) is 18.5. The second kappa shape index (κ2) is 18.0. The fourth-order valence-corrected chi connectivity index (χ4v) is 3.67. The van der Waals surface area contributed by atoms with E-state index in [1.54, 1.807) is 19.2 Å². The van der Waals surface area contributed by atoms with Gasteiger partial charge >= 0.3 is 202 Å². The van der Waals surface area contributed by atoms with Crippen molar-refractivity contribution in [3.63, 3.8) is 0 Å². The maximum absolute atomic E-state index is 13.0. The monoisotopic (exact) mass is 537 g/mol. The third-order valence-corrected chi connectivity index (χ3v) is 6.37. The molecule has 1 heterocycles. The van der Waals surface area contributed by atoms with E-state index in [2.05, 4.69) is 17.5 Å². The summed E-state index contributed by atoms with van der Waals surface area (Å²) in [5.74, 6) is -0.344. The normalized spacial score (nSPS) is 16.8. The summed E-state index contributed by atoms with van der Waals surface area (Å²) in [6.07, 6.45) is 17.7. The van der Waals surface area contributed by atoms with Crippen molar-refractivity contribution in [2.45, 2.75) is 72.8 Å². The Labute approximate surface area is 234 Å². The number of allylic oxidation sites excluding steroid dienone is 10. The van der Waals surface area contributed by atoms with Crippen LogP contribution in [0.15, 0.2) is 82.5 Å². The number of carbonyl (C=O) groups excluding carboxylic acids is 2. The van der Waals surface area contributed by atoms with E-state index in [9.17, 15) is 19.8 Å². The van der Waals surface area contributed by atoms with Crippen molar-refractivity contribution in [2.75, 3.05) is 13.7 Å². The van der Waals surface area contributed by atoms with Gasteiger partial charge in [-0.25, -0.2) is 0 Å². The molecule has 3 N–H and O–H groups in total. The van der Waals surface area contributed by atoms with E-state index in [1.807, 2.05) is 58.1 Å². The van der Waals surface area contributed by atoms with Gasteiger partial charge in [-0.15, -0.1) is 0 Å². The second-order valence-electron chi connectivity index (χ2n) is 9.67. The van der Waals surface area contributed by atoms with Crippen LogP contribution >= 0.6 is 0 Å². The number of esters is 1. The molecule has 0 spiro atoms. The van der Waals surface area contributed by atoms with Crippen LogP contribution < -0.4 is 5.32 Å². The molecule has 1 aliphatic rings. The minimum Gasteiger partial charge on any atom is -0.0914 e. The van der Waals surface area contributed by atoms with Gasteiger partial charge in [-0.3, -0.25) is 0 Å². The second-order valence-corrected chi connectivity index (χ2v) is 9.67. The van der Waals surface area contributed by atoms with E-state index in [0.29, 0.717) is 24.2 Å². The first-order valence-electron chi connectivity index (χ1n) is 13.3. The summed E-state index contributed by atoms with van der Waals surface area (Å²) in [5, 5.41) is 23.8. The third kappa shape index (κ3) is 12.3. The van der Waals surface area contributed by atoms with Gasteiger partial charge < -0.3 is 0 Å². The Morgan fingerprint density at radius 2 is 1.90 bits per heavy atom. The Kier molecular flexibility index (Phi) is 15.5. The molecule has 1 rings (SSSR count). The van der Waals surface area contributed by atoms with Gasteiger partial charge in [0.15, 0.2) is 0 Å². The molecule has 1 aliphatic heterocycles. The molecular formula is C31H44BNO6. The van der Waals surface area contributed by atoms with Crippen molar-refractivity contribution in [3.8, 4) is 0 Å². The van der Waals surface area contributed by atoms with Crippen molar-refractivity contribution in [3.05, 3.63) is 82.5 Å². The molecule has 8 heteroatoms. The molecular weight excluding hydrogens is 493 g/mol. The molecule has 0 saturated carbocycles. The first kappa shape index (κ1) is 33.6. The Balaban J connectivity index is 2.75. The summed E-state index contributed by atoms with van der Waals surface area (Å²) in [6.45, 7) is 9.61. The summed E-state index contributed by atoms with van der Waals surface area (Å²) in [6, 6.07) is 0. The number of carbonyl (C=O) groups is 2. The minimum atomic E-state index is -0.502. The van der Waals surface area contributed by atoms with Crippen molar-refractivity contribution in [2.24, 2.45) is 5.92 Å². The molecule has 0 radical (unpaired) electrons. The summed E-state index contributed by atoms with van der Waals surface area (Å²) in [7, 11) is 5.20. The molecule has 0 aliphatic carbocycles. The molecule has 0 saturated heterocycles. The van der Waals surface area contributed by atoms with E-state index < -0.39 is 6.10 Å². The number of rotatable bonds is 16. The van der Waals surface area contributed by atoms with Crippen LogP contribution in [0.1, 0.15) is 66.7 Å². The fourth-order valence-electron chi connectivity index (χ4n) is 3.67. The summed E-state index contributed by atoms with van der Waals surface area (Å²) in [5.41, 5.74) is 2.60. The van der Waals surface area contributed by atoms with Gasteiger partial charge in [0.25, 0.3) is 0 Å². The van der Waals surface area contributed by atoms with Crippen LogP contribution in [0.25, 0.3) is 0 Å². The van der Waals surface area contributed by atoms with E-state index in [0.717, 1.165) is 30.4 Å². The molecule has 39 heavy (non-hydrogen) atoms. The molecule has 7 nitrogen and oxygen atoms in total. The van der Waals surface area contributed by atoms with Gasteiger partial charge in [0.1, 0.15) is 0 Å². The zero-order chi connectivity index (χ0) is 29.4. The molecule has 0 unspecified atom stereocenters. The van der Waals surface area contributed by atoms with Crippen LogP contribution in [-0.2, 0) is 19.1 Å². The standard InChI is InChI=1S/C31H44BNO6/c1-7-8-9-12-22(3)25(34)17-15-21(2)14-16-24(5)30(37)29-26(35)19-27(39-31(29)32)23(4)13-10-11-18-33-20-28(36)38-6/h7-8,11-12,14,16,18-19,23,25,32-35H,9-10,13,15,17,20H2,1-6H3/b8-7+,18-11+,21-14+,22-12+,24-16+/t23-,25-/m1/s1. The van der Waals surface area contributed by atoms with E-state index in [1.165, 1.54) is 13.2 Å². The molecule has 0 aromatic carbocycles. The van der Waals surface area contributed by atoms with Crippen LogP contribution in [0.2, 0.25) is 0 Å². The molecule has 0 aromatic rings. The molecule has 0 aromatic heterocycles. The minimum absolute atomic E-state index is 0.0232. The number of ketones is 1.